The van der Waals surface area contributed by atoms with Crippen molar-refractivity contribution in [1.29, 1.82) is 0 Å². The highest BCUT2D eigenvalue weighted by molar-refractivity contribution is 4.98. The minimum absolute atomic E-state index is 0.0876. The Morgan fingerprint density at radius 3 is 2.12 bits per heavy atom. The normalized spacial score (nSPS) is 46.8. The molecule has 0 amide bonds. The fourth-order valence-electron chi connectivity index (χ4n) is 2.91. The third-order valence-electron chi connectivity index (χ3n) is 4.48. The first-order valence-corrected chi connectivity index (χ1v) is 8.41. The monoisotopic (exact) mass is 384 g/mol. The van der Waals surface area contributed by atoms with Crippen molar-refractivity contribution in [2.75, 3.05) is 19.8 Å². The highest BCUT2D eigenvalue weighted by Crippen LogP contribution is 2.36. The molecule has 26 heavy (non-hydrogen) atoms. The molecule has 0 aromatic rings. The predicted octanol–water partition coefficient (Wildman–Crippen LogP) is -3.96. The quantitative estimate of drug-likeness (QED) is 0.228. The van der Waals surface area contributed by atoms with Crippen molar-refractivity contribution in [2.45, 2.75) is 74.8 Å². The van der Waals surface area contributed by atoms with Gasteiger partial charge in [-0.25, -0.2) is 0 Å². The average Bonchev–Trinajstić information content (AvgIpc) is 2.85. The highest BCUT2D eigenvalue weighted by Gasteiger charge is 2.58. The van der Waals surface area contributed by atoms with Crippen LogP contribution in [0.3, 0.4) is 0 Å². The Hall–Kier alpha value is -0.440. The molecule has 2 saturated heterocycles. The third kappa shape index (κ3) is 4.18. The molecule has 154 valence electrons. The maximum Gasteiger partial charge on any atom is 0.224 e. The lowest BCUT2D eigenvalue weighted by atomic mass is 9.99. The van der Waals surface area contributed by atoms with Crippen molar-refractivity contribution >= 4 is 0 Å². The van der Waals surface area contributed by atoms with Crippen LogP contribution in [-0.2, 0) is 18.9 Å². The van der Waals surface area contributed by atoms with Crippen LogP contribution in [0.4, 0.5) is 0 Å². The van der Waals surface area contributed by atoms with E-state index in [4.69, 9.17) is 18.9 Å². The van der Waals surface area contributed by atoms with E-state index in [1.807, 2.05) is 0 Å². The summed E-state index contributed by atoms with van der Waals surface area (Å²) < 4.78 is 21.4. The molecule has 11 nitrogen and oxygen atoms in total. The molecule has 2 rings (SSSR count). The summed E-state index contributed by atoms with van der Waals surface area (Å²) in [5.74, 6) is -2.15. The number of aliphatic hydroxyl groups excluding tert-OH is 7. The van der Waals surface area contributed by atoms with Gasteiger partial charge in [-0.2, -0.15) is 0 Å². The standard InChI is InChI=1S/C15H28O11/c1-6(2)23-4-8-10(19)13(22)15(5-17,25-8)26-14-12(21)11(20)9(18)7(3-16)24-14/h6-14,16-22H,3-5H2,1-2H3/t7?,8-,9-,10?,11?,12+,13?,14?,15-/m0/s1. The van der Waals surface area contributed by atoms with Crippen LogP contribution in [0.5, 0.6) is 0 Å². The van der Waals surface area contributed by atoms with Gasteiger partial charge in [0.1, 0.15) is 49.3 Å². The molecular formula is C15H28O11. The molecule has 2 aliphatic rings. The second-order valence-corrected chi connectivity index (χ2v) is 6.76. The molecule has 2 fully saturated rings. The SMILES string of the molecule is CC(C)OC[C@@H]1O[C@@](CO)(OC2OC(CO)[C@H](O)C(O)[C@H]2O)C(O)C1O. The lowest BCUT2D eigenvalue weighted by molar-refractivity contribution is -0.383. The van der Waals surface area contributed by atoms with Gasteiger partial charge in [-0.15, -0.1) is 0 Å². The molecule has 2 aliphatic heterocycles. The zero-order valence-electron chi connectivity index (χ0n) is 14.6. The number of hydrogen-bond acceptors (Lipinski definition) is 11. The molecule has 0 aromatic heterocycles. The molecule has 5 unspecified atom stereocenters. The zero-order valence-corrected chi connectivity index (χ0v) is 14.6. The molecule has 11 heteroatoms. The van der Waals surface area contributed by atoms with Crippen LogP contribution in [0.1, 0.15) is 13.8 Å². The Morgan fingerprint density at radius 2 is 1.58 bits per heavy atom. The largest absolute Gasteiger partial charge is 0.394 e. The molecule has 0 spiro atoms. The molecule has 0 bridgehead atoms. The molecule has 0 aromatic carbocycles. The van der Waals surface area contributed by atoms with Crippen LogP contribution in [-0.4, -0.2) is 116 Å². The number of hydrogen-bond donors (Lipinski definition) is 7. The van der Waals surface area contributed by atoms with Crippen LogP contribution in [0, 0.1) is 0 Å². The maximum absolute atomic E-state index is 10.3. The maximum atomic E-state index is 10.3. The van der Waals surface area contributed by atoms with Crippen molar-refractivity contribution in [3.05, 3.63) is 0 Å². The van der Waals surface area contributed by atoms with Crippen molar-refractivity contribution in [2.24, 2.45) is 0 Å². The van der Waals surface area contributed by atoms with Gasteiger partial charge in [0.2, 0.25) is 5.79 Å². The summed E-state index contributed by atoms with van der Waals surface area (Å²) >= 11 is 0. The van der Waals surface area contributed by atoms with Gasteiger partial charge in [0.15, 0.2) is 6.29 Å². The summed E-state index contributed by atoms with van der Waals surface area (Å²) in [6.45, 7) is 1.87. The van der Waals surface area contributed by atoms with Crippen molar-refractivity contribution in [3.8, 4) is 0 Å². The molecule has 2 heterocycles. The van der Waals surface area contributed by atoms with Gasteiger partial charge in [-0.05, 0) is 13.8 Å². The van der Waals surface area contributed by atoms with Crippen molar-refractivity contribution in [1.82, 2.24) is 0 Å². The molecule has 9 atom stereocenters. The molecule has 0 aliphatic carbocycles. The summed E-state index contributed by atoms with van der Waals surface area (Å²) in [6, 6.07) is 0. The van der Waals surface area contributed by atoms with Crippen molar-refractivity contribution in [3.63, 3.8) is 0 Å². The average molecular weight is 384 g/mol. The summed E-state index contributed by atoms with van der Waals surface area (Å²) in [7, 11) is 0. The van der Waals surface area contributed by atoms with Crippen molar-refractivity contribution < 1.29 is 54.7 Å². The third-order valence-corrected chi connectivity index (χ3v) is 4.48. The molecule has 0 radical (unpaired) electrons. The van der Waals surface area contributed by atoms with Gasteiger partial charge in [0, 0.05) is 0 Å². The Labute approximate surface area is 150 Å². The van der Waals surface area contributed by atoms with Crippen LogP contribution in [0.15, 0.2) is 0 Å². The first-order valence-electron chi connectivity index (χ1n) is 8.41. The predicted molar refractivity (Wildman–Crippen MR) is 82.6 cm³/mol. The highest BCUT2D eigenvalue weighted by atomic mass is 16.8. The summed E-state index contributed by atoms with van der Waals surface area (Å²) in [4.78, 5) is 0. The van der Waals surface area contributed by atoms with E-state index in [0.29, 0.717) is 0 Å². The van der Waals surface area contributed by atoms with E-state index in [0.717, 1.165) is 0 Å². The summed E-state index contributed by atoms with van der Waals surface area (Å²) in [5.41, 5.74) is 0. The van der Waals surface area contributed by atoms with E-state index in [-0.39, 0.29) is 12.7 Å². The van der Waals surface area contributed by atoms with E-state index < -0.39 is 68.0 Å². The molecule has 7 N–H and O–H groups in total. The van der Waals surface area contributed by atoms with Gasteiger partial charge in [-0.3, -0.25) is 0 Å². The van der Waals surface area contributed by atoms with Gasteiger partial charge in [0.25, 0.3) is 0 Å². The van der Waals surface area contributed by atoms with Crippen LogP contribution < -0.4 is 0 Å². The minimum atomic E-state index is -2.15. The van der Waals surface area contributed by atoms with Gasteiger partial charge in [-0.1, -0.05) is 0 Å². The number of aliphatic hydroxyl groups is 7. The van der Waals surface area contributed by atoms with Crippen LogP contribution in [0.2, 0.25) is 0 Å². The fraction of sp³-hybridized carbons (Fsp3) is 1.00. The second-order valence-electron chi connectivity index (χ2n) is 6.76. The van der Waals surface area contributed by atoms with Gasteiger partial charge >= 0.3 is 0 Å². The van der Waals surface area contributed by atoms with E-state index in [1.54, 1.807) is 13.8 Å². The van der Waals surface area contributed by atoms with Crippen LogP contribution >= 0.6 is 0 Å². The van der Waals surface area contributed by atoms with Gasteiger partial charge in [0.05, 0.1) is 19.3 Å². The van der Waals surface area contributed by atoms with Crippen LogP contribution in [0.25, 0.3) is 0 Å². The Morgan fingerprint density at radius 1 is 0.923 bits per heavy atom. The minimum Gasteiger partial charge on any atom is -0.394 e. The lowest BCUT2D eigenvalue weighted by Crippen LogP contribution is -2.62. The van der Waals surface area contributed by atoms with E-state index >= 15 is 0 Å². The number of ether oxygens (including phenoxy) is 4. The smallest absolute Gasteiger partial charge is 0.224 e. The topological polar surface area (TPSA) is 179 Å². The van der Waals surface area contributed by atoms with E-state index in [2.05, 4.69) is 0 Å². The zero-order chi connectivity index (χ0) is 19.6. The Kier molecular flexibility index (Phi) is 7.32. The first-order chi connectivity index (χ1) is 12.2. The second kappa shape index (κ2) is 8.71. The van der Waals surface area contributed by atoms with E-state index in [9.17, 15) is 35.7 Å². The Balaban J connectivity index is 2.13. The van der Waals surface area contributed by atoms with E-state index in [1.165, 1.54) is 0 Å². The van der Waals surface area contributed by atoms with Gasteiger partial charge < -0.3 is 54.7 Å². The number of rotatable bonds is 7. The lowest BCUT2D eigenvalue weighted by Gasteiger charge is -2.43. The fourth-order valence-corrected chi connectivity index (χ4v) is 2.91. The molecule has 0 saturated carbocycles. The summed E-state index contributed by atoms with van der Waals surface area (Å²) in [5, 5.41) is 69.0. The Bertz CT molecular complexity index is 447. The molecular weight excluding hydrogens is 356 g/mol. The summed E-state index contributed by atoms with van der Waals surface area (Å²) in [6.07, 6.45) is -12.3. The first kappa shape index (κ1) is 21.9.